The van der Waals surface area contributed by atoms with Crippen LogP contribution in [-0.2, 0) is 31.2 Å². The van der Waals surface area contributed by atoms with Gasteiger partial charge >= 0.3 is 0 Å². The van der Waals surface area contributed by atoms with Gasteiger partial charge in [0.2, 0.25) is 0 Å². The lowest BCUT2D eigenvalue weighted by atomic mass is 10.00. The third-order valence-corrected chi connectivity index (χ3v) is 6.58. The summed E-state index contributed by atoms with van der Waals surface area (Å²) in [5.41, 5.74) is 5.24. The molecule has 0 radical (unpaired) electrons. The van der Waals surface area contributed by atoms with E-state index in [0.29, 0.717) is 41.4 Å². The van der Waals surface area contributed by atoms with Crippen LogP contribution < -0.4 is 4.90 Å². The highest BCUT2D eigenvalue weighted by Crippen LogP contribution is 2.34. The lowest BCUT2D eigenvalue weighted by molar-refractivity contribution is -0.121. The first-order valence-corrected chi connectivity index (χ1v) is 11.4. The molecule has 166 valence electrons. The van der Waals surface area contributed by atoms with Crippen LogP contribution in [0.1, 0.15) is 53.0 Å². The van der Waals surface area contributed by atoms with E-state index in [1.807, 2.05) is 50.0 Å². The predicted octanol–water partition coefficient (Wildman–Crippen LogP) is 5.64. The molecule has 0 spiro atoms. The fraction of sp³-hybridized carbons (Fsp3) is 0.320. The Morgan fingerprint density at radius 2 is 1.88 bits per heavy atom. The molecule has 0 fully saturated rings. The van der Waals surface area contributed by atoms with Crippen molar-refractivity contribution < 1.29 is 9.59 Å². The molecule has 1 amide bonds. The van der Waals surface area contributed by atoms with E-state index in [1.54, 1.807) is 23.1 Å². The number of fused-ring (bicyclic) bond motifs is 2. The first kappa shape index (κ1) is 22.6. The number of amides is 1. The lowest BCUT2D eigenvalue weighted by Crippen LogP contribution is -2.30. The summed E-state index contributed by atoms with van der Waals surface area (Å²) in [7, 11) is 1.91. The van der Waals surface area contributed by atoms with Gasteiger partial charge in [0, 0.05) is 58.4 Å². The summed E-state index contributed by atoms with van der Waals surface area (Å²) in [6.45, 7) is 4.20. The van der Waals surface area contributed by atoms with Crippen molar-refractivity contribution in [1.29, 1.82) is 0 Å². The van der Waals surface area contributed by atoms with Crippen molar-refractivity contribution in [1.82, 2.24) is 9.78 Å². The fourth-order valence-electron chi connectivity index (χ4n) is 4.03. The number of nitrogens with zero attached hydrogens (tertiary/aromatic N) is 3. The van der Waals surface area contributed by atoms with Crippen LogP contribution in [0.15, 0.2) is 42.6 Å². The fourth-order valence-corrected chi connectivity index (χ4v) is 4.50. The summed E-state index contributed by atoms with van der Waals surface area (Å²) in [5, 5.41) is 5.50. The van der Waals surface area contributed by atoms with Gasteiger partial charge in [0.05, 0.1) is 12.7 Å². The SMILES string of the molecule is CC(C)C(=O)CCc1ccc(C(=O)N2Cc3cnn(C)c3Cc3cc(Cl)ccc32)cc1Cl. The molecule has 3 aromatic rings. The molecular weight excluding hydrogens is 445 g/mol. The number of ketones is 1. The van der Waals surface area contributed by atoms with Gasteiger partial charge in [0.15, 0.2) is 0 Å². The molecule has 2 heterocycles. The molecule has 1 aromatic heterocycles. The summed E-state index contributed by atoms with van der Waals surface area (Å²) >= 11 is 12.8. The molecule has 0 atom stereocenters. The normalized spacial score (nSPS) is 13.0. The van der Waals surface area contributed by atoms with Crippen molar-refractivity contribution in [2.24, 2.45) is 13.0 Å². The van der Waals surface area contributed by atoms with Gasteiger partial charge in [-0.15, -0.1) is 0 Å². The number of aromatic nitrogens is 2. The van der Waals surface area contributed by atoms with E-state index in [0.717, 1.165) is 28.1 Å². The number of anilines is 1. The Hall–Kier alpha value is -2.63. The summed E-state index contributed by atoms with van der Waals surface area (Å²) in [6.07, 6.45) is 3.46. The van der Waals surface area contributed by atoms with Crippen molar-refractivity contribution in [2.45, 2.75) is 39.7 Å². The minimum atomic E-state index is -0.142. The molecule has 0 unspecified atom stereocenters. The highest BCUT2D eigenvalue weighted by atomic mass is 35.5. The number of hydrogen-bond acceptors (Lipinski definition) is 3. The largest absolute Gasteiger partial charge is 0.304 e. The zero-order valence-corrected chi connectivity index (χ0v) is 19.9. The molecule has 7 heteroatoms. The van der Waals surface area contributed by atoms with Gasteiger partial charge in [-0.1, -0.05) is 43.1 Å². The maximum atomic E-state index is 13.6. The Balaban J connectivity index is 1.65. The van der Waals surface area contributed by atoms with Crippen molar-refractivity contribution in [3.63, 3.8) is 0 Å². The van der Waals surface area contributed by atoms with Gasteiger partial charge < -0.3 is 4.90 Å². The maximum absolute atomic E-state index is 13.6. The predicted molar refractivity (Wildman–Crippen MR) is 128 cm³/mol. The highest BCUT2D eigenvalue weighted by Gasteiger charge is 2.27. The number of aryl methyl sites for hydroxylation is 2. The average molecular weight is 470 g/mol. The molecule has 0 saturated carbocycles. The Labute approximate surface area is 197 Å². The number of carbonyl (C=O) groups excluding carboxylic acids is 2. The number of Topliss-reactive ketones (excluding diaryl/α,β-unsaturated/α-hetero) is 1. The number of carbonyl (C=O) groups is 2. The molecule has 0 saturated heterocycles. The van der Waals surface area contributed by atoms with E-state index >= 15 is 0 Å². The van der Waals surface area contributed by atoms with Crippen molar-refractivity contribution in [3.05, 3.63) is 80.6 Å². The molecule has 0 aliphatic carbocycles. The molecular formula is C25H25Cl2N3O2. The first-order chi connectivity index (χ1) is 15.2. The molecule has 32 heavy (non-hydrogen) atoms. The Morgan fingerprint density at radius 3 is 2.59 bits per heavy atom. The zero-order chi connectivity index (χ0) is 23.0. The van der Waals surface area contributed by atoms with Gasteiger partial charge in [-0.25, -0.2) is 0 Å². The molecule has 1 aliphatic heterocycles. The topological polar surface area (TPSA) is 55.2 Å². The number of halogens is 2. The van der Waals surface area contributed by atoms with Gasteiger partial charge in [0.1, 0.15) is 5.78 Å². The molecule has 5 nitrogen and oxygen atoms in total. The van der Waals surface area contributed by atoms with Gasteiger partial charge in [-0.3, -0.25) is 14.3 Å². The lowest BCUT2D eigenvalue weighted by Gasteiger charge is -2.23. The highest BCUT2D eigenvalue weighted by molar-refractivity contribution is 6.32. The van der Waals surface area contributed by atoms with Gasteiger partial charge in [0.25, 0.3) is 5.91 Å². The van der Waals surface area contributed by atoms with E-state index in [1.165, 1.54) is 0 Å². The first-order valence-electron chi connectivity index (χ1n) is 10.7. The summed E-state index contributed by atoms with van der Waals surface area (Å²) in [5.74, 6) is 0.0638. The zero-order valence-electron chi connectivity index (χ0n) is 18.4. The maximum Gasteiger partial charge on any atom is 0.258 e. The summed E-state index contributed by atoms with van der Waals surface area (Å²) in [6, 6.07) is 10.9. The minimum Gasteiger partial charge on any atom is -0.304 e. The van der Waals surface area contributed by atoms with Crippen LogP contribution in [0, 0.1) is 5.92 Å². The standard InChI is InChI=1S/C25H25Cl2N3O2/c1-15(2)24(31)9-6-16-4-5-17(11-21(16)27)25(32)30-14-19-13-28-29(3)23(19)12-18-10-20(26)7-8-22(18)30/h4-5,7-8,10-11,13,15H,6,9,12,14H2,1-3H3. The smallest absolute Gasteiger partial charge is 0.258 e. The Bertz CT molecular complexity index is 1200. The Morgan fingerprint density at radius 1 is 1.09 bits per heavy atom. The van der Waals surface area contributed by atoms with E-state index in [9.17, 15) is 9.59 Å². The van der Waals surface area contributed by atoms with Crippen molar-refractivity contribution >= 4 is 40.6 Å². The van der Waals surface area contributed by atoms with E-state index in [2.05, 4.69) is 5.10 Å². The van der Waals surface area contributed by atoms with Crippen LogP contribution in [0.2, 0.25) is 10.0 Å². The third kappa shape index (κ3) is 4.45. The van der Waals surface area contributed by atoms with Crippen molar-refractivity contribution in [2.75, 3.05) is 4.90 Å². The molecule has 2 aromatic carbocycles. The van der Waals surface area contributed by atoms with Crippen LogP contribution >= 0.6 is 23.2 Å². The van der Waals surface area contributed by atoms with Crippen LogP contribution in [0.5, 0.6) is 0 Å². The second-order valence-corrected chi connectivity index (χ2v) is 9.35. The second-order valence-electron chi connectivity index (χ2n) is 8.51. The van der Waals surface area contributed by atoms with Crippen LogP contribution in [0.3, 0.4) is 0 Å². The van der Waals surface area contributed by atoms with E-state index in [4.69, 9.17) is 23.2 Å². The summed E-state index contributed by atoms with van der Waals surface area (Å²) in [4.78, 5) is 27.3. The molecule has 0 N–H and O–H groups in total. The number of benzene rings is 2. The molecule has 1 aliphatic rings. The quantitative estimate of drug-likeness (QED) is 0.485. The van der Waals surface area contributed by atoms with Crippen LogP contribution in [0.25, 0.3) is 0 Å². The third-order valence-electron chi connectivity index (χ3n) is 6.00. The Kier molecular flexibility index (Phi) is 6.40. The number of rotatable bonds is 5. The molecule has 0 bridgehead atoms. The van der Waals surface area contributed by atoms with Crippen molar-refractivity contribution in [3.8, 4) is 0 Å². The second kappa shape index (κ2) is 9.08. The minimum absolute atomic E-state index is 0.00334. The van der Waals surface area contributed by atoms with Crippen LogP contribution in [-0.4, -0.2) is 21.5 Å². The molecule has 4 rings (SSSR count). The average Bonchev–Trinajstić information content (AvgIpc) is 3.00. The van der Waals surface area contributed by atoms with Crippen LogP contribution in [0.4, 0.5) is 5.69 Å². The monoisotopic (exact) mass is 469 g/mol. The van der Waals surface area contributed by atoms with Gasteiger partial charge in [-0.05, 0) is 47.9 Å². The van der Waals surface area contributed by atoms with E-state index in [-0.39, 0.29) is 17.6 Å². The summed E-state index contributed by atoms with van der Waals surface area (Å²) < 4.78 is 1.85. The number of hydrogen-bond donors (Lipinski definition) is 0. The van der Waals surface area contributed by atoms with Gasteiger partial charge in [-0.2, -0.15) is 5.10 Å². The van der Waals surface area contributed by atoms with E-state index < -0.39 is 0 Å².